The summed E-state index contributed by atoms with van der Waals surface area (Å²) in [6.07, 6.45) is -4.87. The standard InChI is InChI=1S/C30H36F3N3O7/c31-30(32,33)20-43-27-16-25(41-19-24(37)17-34-11-13-40-14-12-34)6-5-21(27)15-28(38)35-9-7-23(8-10-35)36-26-4-2-1-3-22(26)18-42-29(36)39/h1-6,16,23-24,37H,7-15,17-20H2. The first-order chi connectivity index (χ1) is 20.7. The first-order valence-electron chi connectivity index (χ1n) is 14.4. The second-order valence-electron chi connectivity index (χ2n) is 10.9. The number of fused-ring (bicyclic) bond motifs is 1. The van der Waals surface area contributed by atoms with Crippen LogP contribution in [0.5, 0.6) is 11.5 Å². The number of amides is 2. The molecule has 10 nitrogen and oxygen atoms in total. The highest BCUT2D eigenvalue weighted by molar-refractivity contribution is 5.91. The van der Waals surface area contributed by atoms with Crippen molar-refractivity contribution in [1.82, 2.24) is 9.80 Å². The average Bonchev–Trinajstić information content (AvgIpc) is 3.00. The molecule has 5 rings (SSSR count). The maximum absolute atomic E-state index is 13.2. The SMILES string of the molecule is O=C(Cc1ccc(OCC(O)CN2CCOCC2)cc1OCC(F)(F)F)N1CCC(N2C(=O)OCc3ccccc32)CC1. The zero-order chi connectivity index (χ0) is 30.4. The van der Waals surface area contributed by atoms with E-state index in [1.54, 1.807) is 15.9 Å². The lowest BCUT2D eigenvalue weighted by Gasteiger charge is -2.40. The van der Waals surface area contributed by atoms with E-state index < -0.39 is 25.0 Å². The number of cyclic esters (lactones) is 1. The van der Waals surface area contributed by atoms with Crippen LogP contribution in [0, 0.1) is 0 Å². The molecular weight excluding hydrogens is 571 g/mol. The molecule has 2 aromatic rings. The largest absolute Gasteiger partial charge is 0.491 e. The van der Waals surface area contributed by atoms with Crippen LogP contribution < -0.4 is 14.4 Å². The van der Waals surface area contributed by atoms with Gasteiger partial charge in [0.2, 0.25) is 5.91 Å². The fraction of sp³-hybridized carbons (Fsp3) is 0.533. The van der Waals surface area contributed by atoms with Gasteiger partial charge in [-0.25, -0.2) is 4.79 Å². The molecule has 0 bridgehead atoms. The summed E-state index contributed by atoms with van der Waals surface area (Å²) in [5.74, 6) is -0.135. The number of piperidine rings is 1. The molecule has 0 radical (unpaired) electrons. The Hall–Kier alpha value is -3.55. The van der Waals surface area contributed by atoms with Gasteiger partial charge in [0, 0.05) is 56.0 Å². The summed E-state index contributed by atoms with van der Waals surface area (Å²) in [5.41, 5.74) is 2.03. The van der Waals surface area contributed by atoms with E-state index in [9.17, 15) is 27.9 Å². The van der Waals surface area contributed by atoms with Gasteiger partial charge in [0.25, 0.3) is 0 Å². The third kappa shape index (κ3) is 8.30. The minimum Gasteiger partial charge on any atom is -0.491 e. The summed E-state index contributed by atoms with van der Waals surface area (Å²) in [6, 6.07) is 11.8. The van der Waals surface area contributed by atoms with Gasteiger partial charge in [-0.2, -0.15) is 13.2 Å². The predicted octanol–water partition coefficient (Wildman–Crippen LogP) is 3.39. The molecule has 3 aliphatic heterocycles. The molecular formula is C30H36F3N3O7. The monoisotopic (exact) mass is 607 g/mol. The lowest BCUT2D eigenvalue weighted by Crippen LogP contribution is -2.50. The topological polar surface area (TPSA) is 101 Å². The number of morpholine rings is 1. The molecule has 0 aliphatic carbocycles. The lowest BCUT2D eigenvalue weighted by atomic mass is 10.00. The van der Waals surface area contributed by atoms with Crippen LogP contribution in [0.15, 0.2) is 42.5 Å². The number of β-amino-alcohol motifs (C(OH)–C–C–N with tert-alkyl or cyclic N) is 1. The van der Waals surface area contributed by atoms with Crippen molar-refractivity contribution in [1.29, 1.82) is 0 Å². The van der Waals surface area contributed by atoms with Crippen LogP contribution in [-0.2, 0) is 27.3 Å². The molecule has 3 aliphatic rings. The zero-order valence-electron chi connectivity index (χ0n) is 23.8. The Kier molecular flexibility index (Phi) is 9.93. The van der Waals surface area contributed by atoms with Crippen LogP contribution in [-0.4, -0.2) is 104 Å². The van der Waals surface area contributed by atoms with E-state index in [0.29, 0.717) is 64.3 Å². The summed E-state index contributed by atoms with van der Waals surface area (Å²) in [6.45, 7) is 2.38. The van der Waals surface area contributed by atoms with E-state index in [1.165, 1.54) is 12.1 Å². The second kappa shape index (κ2) is 13.8. The molecule has 1 atom stereocenters. The number of halogens is 3. The number of alkyl halides is 3. The third-order valence-electron chi connectivity index (χ3n) is 7.77. The van der Waals surface area contributed by atoms with Crippen molar-refractivity contribution >= 4 is 17.7 Å². The van der Waals surface area contributed by atoms with E-state index in [1.807, 2.05) is 29.2 Å². The van der Waals surface area contributed by atoms with Crippen molar-refractivity contribution in [3.05, 3.63) is 53.6 Å². The van der Waals surface area contributed by atoms with Crippen LogP contribution in [0.25, 0.3) is 0 Å². The fourth-order valence-electron chi connectivity index (χ4n) is 5.56. The number of hydrogen-bond acceptors (Lipinski definition) is 8. The van der Waals surface area contributed by atoms with Crippen molar-refractivity contribution in [2.75, 3.05) is 64.1 Å². The number of ether oxygens (including phenoxy) is 4. The number of nitrogens with zero attached hydrogens (tertiary/aromatic N) is 3. The van der Waals surface area contributed by atoms with Gasteiger partial charge in [-0.05, 0) is 25.0 Å². The molecule has 3 heterocycles. The zero-order valence-corrected chi connectivity index (χ0v) is 23.8. The molecule has 2 fully saturated rings. The number of benzene rings is 2. The highest BCUT2D eigenvalue weighted by Gasteiger charge is 2.35. The average molecular weight is 608 g/mol. The van der Waals surface area contributed by atoms with Gasteiger partial charge in [0.15, 0.2) is 6.61 Å². The molecule has 13 heteroatoms. The highest BCUT2D eigenvalue weighted by Crippen LogP contribution is 2.33. The van der Waals surface area contributed by atoms with E-state index in [0.717, 1.165) is 11.3 Å². The van der Waals surface area contributed by atoms with Gasteiger partial charge < -0.3 is 29.0 Å². The van der Waals surface area contributed by atoms with Gasteiger partial charge >= 0.3 is 12.3 Å². The van der Waals surface area contributed by atoms with Crippen molar-refractivity contribution in [2.45, 2.75) is 44.2 Å². The Balaban J connectivity index is 1.19. The lowest BCUT2D eigenvalue weighted by molar-refractivity contribution is -0.153. The Morgan fingerprint density at radius 1 is 1.05 bits per heavy atom. The summed E-state index contributed by atoms with van der Waals surface area (Å²) in [4.78, 5) is 31.2. The van der Waals surface area contributed by atoms with Crippen molar-refractivity contribution in [2.24, 2.45) is 0 Å². The molecule has 0 saturated carbocycles. The Labute approximate surface area is 247 Å². The molecule has 0 spiro atoms. The van der Waals surface area contributed by atoms with Gasteiger partial charge in [-0.3, -0.25) is 14.6 Å². The molecule has 1 unspecified atom stereocenters. The van der Waals surface area contributed by atoms with E-state index in [4.69, 9.17) is 18.9 Å². The Morgan fingerprint density at radius 2 is 1.79 bits per heavy atom. The molecule has 43 heavy (non-hydrogen) atoms. The van der Waals surface area contributed by atoms with Crippen LogP contribution in [0.3, 0.4) is 0 Å². The first kappa shape index (κ1) is 30.9. The number of carbonyl (C=O) groups excluding carboxylic acids is 2. The quantitative estimate of drug-likeness (QED) is 0.439. The van der Waals surface area contributed by atoms with E-state index in [-0.39, 0.29) is 43.1 Å². The highest BCUT2D eigenvalue weighted by atomic mass is 19.4. The summed E-state index contributed by atoms with van der Waals surface area (Å²) < 4.78 is 60.4. The number of anilines is 1. The second-order valence-corrected chi connectivity index (χ2v) is 10.9. The first-order valence-corrected chi connectivity index (χ1v) is 14.4. The number of rotatable bonds is 10. The maximum Gasteiger partial charge on any atom is 0.422 e. The number of hydrogen-bond donors (Lipinski definition) is 1. The minimum atomic E-state index is -4.57. The molecule has 2 aromatic carbocycles. The van der Waals surface area contributed by atoms with Crippen molar-refractivity contribution in [3.8, 4) is 11.5 Å². The van der Waals surface area contributed by atoms with Crippen LogP contribution in [0.4, 0.5) is 23.7 Å². The maximum atomic E-state index is 13.2. The van der Waals surface area contributed by atoms with Gasteiger partial charge in [-0.1, -0.05) is 24.3 Å². The van der Waals surface area contributed by atoms with Gasteiger partial charge in [-0.15, -0.1) is 0 Å². The van der Waals surface area contributed by atoms with Crippen LogP contribution >= 0.6 is 0 Å². The minimum absolute atomic E-state index is 0.0572. The number of aliphatic hydroxyl groups is 1. The number of carbonyl (C=O) groups is 2. The summed E-state index contributed by atoms with van der Waals surface area (Å²) in [5, 5.41) is 10.4. The summed E-state index contributed by atoms with van der Waals surface area (Å²) in [7, 11) is 0. The van der Waals surface area contributed by atoms with Gasteiger partial charge in [0.1, 0.15) is 30.8 Å². The van der Waals surface area contributed by atoms with Crippen molar-refractivity contribution in [3.63, 3.8) is 0 Å². The molecule has 0 aromatic heterocycles. The third-order valence-corrected chi connectivity index (χ3v) is 7.77. The van der Waals surface area contributed by atoms with E-state index in [2.05, 4.69) is 0 Å². The molecule has 2 saturated heterocycles. The Morgan fingerprint density at radius 3 is 2.53 bits per heavy atom. The number of aliphatic hydroxyl groups excluding tert-OH is 1. The normalized spacial score (nSPS) is 19.0. The molecule has 234 valence electrons. The fourth-order valence-corrected chi connectivity index (χ4v) is 5.56. The predicted molar refractivity (Wildman–Crippen MR) is 149 cm³/mol. The number of likely N-dealkylation sites (tertiary alicyclic amines) is 1. The Bertz CT molecular complexity index is 1260. The van der Waals surface area contributed by atoms with E-state index >= 15 is 0 Å². The molecule has 2 amide bonds. The van der Waals surface area contributed by atoms with Crippen LogP contribution in [0.1, 0.15) is 24.0 Å². The molecule has 1 N–H and O–H groups in total. The smallest absolute Gasteiger partial charge is 0.422 e. The van der Waals surface area contributed by atoms with Gasteiger partial charge in [0.05, 0.1) is 25.3 Å². The van der Waals surface area contributed by atoms with Crippen molar-refractivity contribution < 1.29 is 46.8 Å². The van der Waals surface area contributed by atoms with Crippen LogP contribution in [0.2, 0.25) is 0 Å². The number of para-hydroxylation sites is 1. The summed E-state index contributed by atoms with van der Waals surface area (Å²) >= 11 is 0.